The van der Waals surface area contributed by atoms with Crippen LogP contribution in [0.2, 0.25) is 0 Å². The van der Waals surface area contributed by atoms with Gasteiger partial charge in [-0.3, -0.25) is 4.98 Å². The molecule has 0 aliphatic carbocycles. The Labute approximate surface area is 91.6 Å². The lowest BCUT2D eigenvalue weighted by Crippen LogP contribution is -2.18. The van der Waals surface area contributed by atoms with Gasteiger partial charge in [-0.15, -0.1) is 0 Å². The first kappa shape index (κ1) is 11.0. The van der Waals surface area contributed by atoms with E-state index in [-0.39, 0.29) is 5.56 Å². The van der Waals surface area contributed by atoms with Crippen molar-refractivity contribution in [2.45, 2.75) is 12.8 Å². The summed E-state index contributed by atoms with van der Waals surface area (Å²) < 4.78 is 26.4. The molecule has 1 aromatic heterocycles. The number of aromatic nitrogens is 1. The van der Waals surface area contributed by atoms with Gasteiger partial charge in [0, 0.05) is 16.6 Å². The molecule has 0 fully saturated rings. The third-order valence-electron chi connectivity index (χ3n) is 2.45. The van der Waals surface area contributed by atoms with Gasteiger partial charge in [0.05, 0.1) is 5.52 Å². The highest BCUT2D eigenvalue weighted by Gasteiger charge is 2.30. The summed E-state index contributed by atoms with van der Waals surface area (Å²) >= 11 is 0. The Morgan fingerprint density at radius 2 is 2.00 bits per heavy atom. The first-order valence-corrected chi connectivity index (χ1v) is 4.89. The van der Waals surface area contributed by atoms with Crippen LogP contribution in [0.3, 0.4) is 0 Å². The van der Waals surface area contributed by atoms with Crippen LogP contribution in [0.25, 0.3) is 10.9 Å². The van der Waals surface area contributed by atoms with Gasteiger partial charge < -0.3 is 5.11 Å². The molecular weight excluding hydrogens is 212 g/mol. The lowest BCUT2D eigenvalue weighted by atomic mass is 10.1. The van der Waals surface area contributed by atoms with E-state index in [9.17, 15) is 8.78 Å². The van der Waals surface area contributed by atoms with Gasteiger partial charge in [0.25, 0.3) is 5.92 Å². The maximum absolute atomic E-state index is 13.2. The fourth-order valence-electron chi connectivity index (χ4n) is 1.55. The fraction of sp³-hybridized carbons (Fsp3) is 0.250. The van der Waals surface area contributed by atoms with Crippen molar-refractivity contribution in [1.29, 1.82) is 0 Å². The number of aliphatic hydroxyl groups excluding tert-OH is 1. The largest absolute Gasteiger partial charge is 0.390 e. The van der Waals surface area contributed by atoms with Crippen molar-refractivity contribution in [3.8, 4) is 0 Å². The second-order valence-electron chi connectivity index (χ2n) is 3.72. The van der Waals surface area contributed by atoms with Crippen molar-refractivity contribution in [1.82, 2.24) is 4.98 Å². The summed E-state index contributed by atoms with van der Waals surface area (Å²) in [6, 6.07) is 7.71. The topological polar surface area (TPSA) is 33.1 Å². The number of aliphatic hydroxyl groups is 1. The first-order chi connectivity index (χ1) is 7.53. The van der Waals surface area contributed by atoms with Gasteiger partial charge in [-0.1, -0.05) is 12.1 Å². The van der Waals surface area contributed by atoms with Gasteiger partial charge in [-0.05, 0) is 25.1 Å². The van der Waals surface area contributed by atoms with Crippen LogP contribution in [0, 0.1) is 6.92 Å². The van der Waals surface area contributed by atoms with Gasteiger partial charge >= 0.3 is 0 Å². The van der Waals surface area contributed by atoms with Crippen LogP contribution in [-0.4, -0.2) is 16.7 Å². The normalized spacial score (nSPS) is 12.0. The van der Waals surface area contributed by atoms with Crippen LogP contribution in [0.4, 0.5) is 8.78 Å². The molecule has 2 nitrogen and oxygen atoms in total. The lowest BCUT2D eigenvalue weighted by molar-refractivity contribution is -0.0555. The molecule has 0 bridgehead atoms. The molecule has 1 N–H and O–H groups in total. The van der Waals surface area contributed by atoms with E-state index in [1.165, 1.54) is 12.1 Å². The third-order valence-corrected chi connectivity index (χ3v) is 2.45. The molecule has 84 valence electrons. The maximum atomic E-state index is 13.2. The van der Waals surface area contributed by atoms with Gasteiger partial charge in [0.15, 0.2) is 0 Å². The van der Waals surface area contributed by atoms with Crippen LogP contribution >= 0.6 is 0 Å². The van der Waals surface area contributed by atoms with Crippen LogP contribution in [-0.2, 0) is 5.92 Å². The Balaban J connectivity index is 2.57. The molecule has 1 aromatic carbocycles. The Morgan fingerprint density at radius 1 is 1.25 bits per heavy atom. The quantitative estimate of drug-likeness (QED) is 0.848. The Hall–Kier alpha value is -1.55. The van der Waals surface area contributed by atoms with E-state index >= 15 is 0 Å². The smallest absolute Gasteiger partial charge is 0.295 e. The number of fused-ring (bicyclic) bond motifs is 1. The van der Waals surface area contributed by atoms with Crippen molar-refractivity contribution in [2.24, 2.45) is 0 Å². The summed E-state index contributed by atoms with van der Waals surface area (Å²) in [7, 11) is 0. The minimum absolute atomic E-state index is 0.187. The van der Waals surface area contributed by atoms with E-state index in [1.807, 2.05) is 6.92 Å². The number of benzene rings is 1. The minimum atomic E-state index is -3.20. The first-order valence-electron chi connectivity index (χ1n) is 4.89. The van der Waals surface area contributed by atoms with Crippen LogP contribution in [0.1, 0.15) is 11.3 Å². The summed E-state index contributed by atoms with van der Waals surface area (Å²) in [5.41, 5.74) is 1.33. The van der Waals surface area contributed by atoms with E-state index in [2.05, 4.69) is 4.98 Å². The van der Waals surface area contributed by atoms with Crippen LogP contribution in [0.15, 0.2) is 30.3 Å². The molecule has 0 amide bonds. The van der Waals surface area contributed by atoms with Crippen molar-refractivity contribution < 1.29 is 13.9 Å². The number of nitrogens with zero attached hydrogens (tertiary/aromatic N) is 1. The van der Waals surface area contributed by atoms with E-state index in [4.69, 9.17) is 5.11 Å². The summed E-state index contributed by atoms with van der Waals surface area (Å²) in [5, 5.41) is 9.25. The molecule has 0 saturated carbocycles. The van der Waals surface area contributed by atoms with Crippen LogP contribution < -0.4 is 0 Å². The van der Waals surface area contributed by atoms with E-state index < -0.39 is 12.5 Å². The van der Waals surface area contributed by atoms with Crippen LogP contribution in [0.5, 0.6) is 0 Å². The molecule has 0 spiro atoms. The van der Waals surface area contributed by atoms with E-state index in [0.29, 0.717) is 10.9 Å². The SMILES string of the molecule is Cc1ccc2cc(C(F)(F)CO)ccc2n1. The zero-order valence-corrected chi connectivity index (χ0v) is 8.74. The number of halogens is 2. The van der Waals surface area contributed by atoms with Gasteiger partial charge in [-0.25, -0.2) is 0 Å². The summed E-state index contributed by atoms with van der Waals surface area (Å²) in [5.74, 6) is -3.20. The number of hydrogen-bond donors (Lipinski definition) is 1. The molecule has 4 heteroatoms. The minimum Gasteiger partial charge on any atom is -0.390 e. The standard InChI is InChI=1S/C12H11F2NO/c1-8-2-3-9-6-10(12(13,14)7-16)4-5-11(9)15-8/h2-6,16H,7H2,1H3. The molecule has 16 heavy (non-hydrogen) atoms. The highest BCUT2D eigenvalue weighted by Crippen LogP contribution is 2.29. The Kier molecular flexibility index (Phi) is 2.59. The predicted molar refractivity (Wildman–Crippen MR) is 57.5 cm³/mol. The molecule has 0 aliphatic heterocycles. The Morgan fingerprint density at radius 3 is 2.69 bits per heavy atom. The van der Waals surface area contributed by atoms with Gasteiger partial charge in [-0.2, -0.15) is 8.78 Å². The molecule has 2 aromatic rings. The second-order valence-corrected chi connectivity index (χ2v) is 3.72. The van der Waals surface area contributed by atoms with Crippen molar-refractivity contribution in [3.05, 3.63) is 41.6 Å². The summed E-state index contributed by atoms with van der Waals surface area (Å²) in [6.07, 6.45) is 0. The Bertz CT molecular complexity index is 525. The average molecular weight is 223 g/mol. The summed E-state index contributed by atoms with van der Waals surface area (Å²) in [4.78, 5) is 4.22. The number of pyridine rings is 1. The molecule has 1 heterocycles. The number of rotatable bonds is 2. The van der Waals surface area contributed by atoms with Crippen molar-refractivity contribution >= 4 is 10.9 Å². The summed E-state index contributed by atoms with van der Waals surface area (Å²) in [6.45, 7) is 0.660. The third kappa shape index (κ3) is 1.88. The van der Waals surface area contributed by atoms with Gasteiger partial charge in [0.2, 0.25) is 0 Å². The average Bonchev–Trinajstić information content (AvgIpc) is 2.28. The monoisotopic (exact) mass is 223 g/mol. The second kappa shape index (κ2) is 3.79. The molecule has 0 radical (unpaired) electrons. The van der Waals surface area contributed by atoms with E-state index in [1.54, 1.807) is 18.2 Å². The van der Waals surface area contributed by atoms with Gasteiger partial charge in [0.1, 0.15) is 6.61 Å². The zero-order valence-electron chi connectivity index (χ0n) is 8.74. The number of alkyl halides is 2. The predicted octanol–water partition coefficient (Wildman–Crippen LogP) is 2.63. The lowest BCUT2D eigenvalue weighted by Gasteiger charge is -2.13. The molecule has 0 atom stereocenters. The molecule has 0 saturated heterocycles. The van der Waals surface area contributed by atoms with E-state index in [0.717, 1.165) is 5.69 Å². The van der Waals surface area contributed by atoms with Crippen molar-refractivity contribution in [3.63, 3.8) is 0 Å². The molecule has 0 aliphatic rings. The molecular formula is C12H11F2NO. The van der Waals surface area contributed by atoms with Crippen molar-refractivity contribution in [2.75, 3.05) is 6.61 Å². The fourth-order valence-corrected chi connectivity index (χ4v) is 1.55. The molecule has 2 rings (SSSR count). The number of hydrogen-bond acceptors (Lipinski definition) is 2. The maximum Gasteiger partial charge on any atom is 0.295 e. The number of aryl methyl sites for hydroxylation is 1. The highest BCUT2D eigenvalue weighted by molar-refractivity contribution is 5.79. The highest BCUT2D eigenvalue weighted by atomic mass is 19.3. The molecule has 0 unspecified atom stereocenters. The zero-order chi connectivity index (χ0) is 11.8.